The third-order valence-electron chi connectivity index (χ3n) is 1.34. The summed E-state index contributed by atoms with van der Waals surface area (Å²) in [5.41, 5.74) is 0. The van der Waals surface area contributed by atoms with Gasteiger partial charge >= 0.3 is 5.97 Å². The Bertz CT molecular complexity index is 180. The Hall–Kier alpha value is -0.980. The molecule has 0 aromatic rings. The van der Waals surface area contributed by atoms with Gasteiger partial charge in [0, 0.05) is 0 Å². The maximum absolute atomic E-state index is 10.7. The summed E-state index contributed by atoms with van der Waals surface area (Å²) in [6.45, 7) is 1.56. The second-order valence-corrected chi connectivity index (χ2v) is 2.31. The Morgan fingerprint density at radius 3 is 2.38 bits per heavy atom. The average molecular weight is 192 g/mol. The van der Waals surface area contributed by atoms with Gasteiger partial charge < -0.3 is 24.9 Å². The molecule has 0 amide bonds. The molecule has 6 heteroatoms. The molecule has 0 rings (SSSR count). The third-order valence-corrected chi connectivity index (χ3v) is 1.34. The van der Waals surface area contributed by atoms with Gasteiger partial charge in [-0.3, -0.25) is 0 Å². The van der Waals surface area contributed by atoms with Crippen LogP contribution >= 0.6 is 0 Å². The molecule has 13 heavy (non-hydrogen) atoms. The van der Waals surface area contributed by atoms with E-state index in [1.807, 2.05) is 0 Å². The summed E-state index contributed by atoms with van der Waals surface area (Å²) in [6, 6.07) is 0. The van der Waals surface area contributed by atoms with Crippen molar-refractivity contribution in [2.75, 3.05) is 6.61 Å². The standard InChI is InChI=1S/C7H12O6/c1-2-13-7(12)6(11)5(10)4(9)3-8/h3-6,9-11H,2H2,1H3/t4-,5-,6+/m1/s1. The van der Waals surface area contributed by atoms with E-state index in [-0.39, 0.29) is 12.9 Å². The van der Waals surface area contributed by atoms with Crippen LogP contribution in [-0.2, 0) is 14.3 Å². The van der Waals surface area contributed by atoms with E-state index >= 15 is 0 Å². The number of aliphatic hydroxyl groups is 3. The van der Waals surface area contributed by atoms with E-state index in [1.165, 1.54) is 6.92 Å². The van der Waals surface area contributed by atoms with E-state index in [4.69, 9.17) is 15.3 Å². The summed E-state index contributed by atoms with van der Waals surface area (Å²) < 4.78 is 4.34. The van der Waals surface area contributed by atoms with Crippen LogP contribution in [0, 0.1) is 0 Å². The zero-order valence-corrected chi connectivity index (χ0v) is 7.08. The van der Waals surface area contributed by atoms with Crippen LogP contribution in [0.2, 0.25) is 0 Å². The molecule has 0 aromatic carbocycles. The molecule has 0 aliphatic heterocycles. The first kappa shape index (κ1) is 12.0. The molecule has 0 heterocycles. The fourth-order valence-corrected chi connectivity index (χ4v) is 0.634. The Balaban J connectivity index is 4.15. The predicted molar refractivity (Wildman–Crippen MR) is 40.7 cm³/mol. The lowest BCUT2D eigenvalue weighted by molar-refractivity contribution is -0.164. The minimum Gasteiger partial charge on any atom is -0.464 e. The van der Waals surface area contributed by atoms with Crippen LogP contribution in [0.4, 0.5) is 0 Å². The molecule has 0 fully saturated rings. The minimum absolute atomic E-state index is 0.0209. The molecule has 0 aromatic heterocycles. The fourth-order valence-electron chi connectivity index (χ4n) is 0.634. The monoisotopic (exact) mass is 192 g/mol. The first-order valence-corrected chi connectivity index (χ1v) is 3.70. The maximum atomic E-state index is 10.7. The van der Waals surface area contributed by atoms with E-state index < -0.39 is 24.3 Å². The van der Waals surface area contributed by atoms with E-state index in [9.17, 15) is 9.59 Å². The predicted octanol–water partition coefficient (Wildman–Crippen LogP) is -2.17. The van der Waals surface area contributed by atoms with Crippen molar-refractivity contribution in [3.63, 3.8) is 0 Å². The smallest absolute Gasteiger partial charge is 0.337 e. The summed E-state index contributed by atoms with van der Waals surface area (Å²) in [7, 11) is 0. The lowest BCUT2D eigenvalue weighted by Crippen LogP contribution is -2.43. The largest absolute Gasteiger partial charge is 0.464 e. The van der Waals surface area contributed by atoms with E-state index in [0.29, 0.717) is 0 Å². The van der Waals surface area contributed by atoms with E-state index in [1.54, 1.807) is 0 Å². The molecule has 0 saturated carbocycles. The Morgan fingerprint density at radius 2 is 2.00 bits per heavy atom. The number of hydrogen-bond donors (Lipinski definition) is 3. The molecular weight excluding hydrogens is 180 g/mol. The van der Waals surface area contributed by atoms with Crippen molar-refractivity contribution in [2.24, 2.45) is 0 Å². The molecule has 0 radical (unpaired) electrons. The maximum Gasteiger partial charge on any atom is 0.337 e. The molecule has 0 spiro atoms. The van der Waals surface area contributed by atoms with Crippen molar-refractivity contribution in [1.82, 2.24) is 0 Å². The molecular formula is C7H12O6. The van der Waals surface area contributed by atoms with Crippen LogP contribution in [0.1, 0.15) is 6.92 Å². The molecule has 76 valence electrons. The molecule has 0 saturated heterocycles. The Kier molecular flexibility index (Phi) is 5.20. The van der Waals surface area contributed by atoms with Gasteiger partial charge in [0.25, 0.3) is 0 Å². The van der Waals surface area contributed by atoms with Crippen LogP contribution in [0.15, 0.2) is 0 Å². The highest BCUT2D eigenvalue weighted by atomic mass is 16.5. The number of esters is 1. The number of ether oxygens (including phenoxy) is 1. The van der Waals surface area contributed by atoms with Gasteiger partial charge in [-0.05, 0) is 6.92 Å². The zero-order valence-electron chi connectivity index (χ0n) is 7.08. The second-order valence-electron chi connectivity index (χ2n) is 2.31. The average Bonchev–Trinajstić information content (AvgIpc) is 2.14. The number of carbonyl (C=O) groups is 2. The number of rotatable bonds is 5. The van der Waals surface area contributed by atoms with Crippen LogP contribution in [0.25, 0.3) is 0 Å². The highest BCUT2D eigenvalue weighted by molar-refractivity contribution is 5.76. The van der Waals surface area contributed by atoms with Crippen LogP contribution in [0.5, 0.6) is 0 Å². The van der Waals surface area contributed by atoms with Gasteiger partial charge in [-0.15, -0.1) is 0 Å². The normalized spacial score (nSPS) is 17.2. The number of aldehydes is 1. The molecule has 0 bridgehead atoms. The number of aliphatic hydroxyl groups excluding tert-OH is 3. The summed E-state index contributed by atoms with van der Waals surface area (Å²) in [5, 5.41) is 26.7. The lowest BCUT2D eigenvalue weighted by atomic mass is 10.1. The molecule has 6 nitrogen and oxygen atoms in total. The van der Waals surface area contributed by atoms with Crippen molar-refractivity contribution < 1.29 is 29.6 Å². The van der Waals surface area contributed by atoms with Crippen molar-refractivity contribution in [3.05, 3.63) is 0 Å². The summed E-state index contributed by atoms with van der Waals surface area (Å²) in [4.78, 5) is 20.7. The van der Waals surface area contributed by atoms with Gasteiger partial charge in [0.05, 0.1) is 6.61 Å². The quantitative estimate of drug-likeness (QED) is 0.338. The van der Waals surface area contributed by atoms with Crippen LogP contribution in [0.3, 0.4) is 0 Å². The first-order valence-electron chi connectivity index (χ1n) is 3.70. The van der Waals surface area contributed by atoms with E-state index in [2.05, 4.69) is 4.74 Å². The topological polar surface area (TPSA) is 104 Å². The van der Waals surface area contributed by atoms with Gasteiger partial charge in [0.1, 0.15) is 12.2 Å². The third kappa shape index (κ3) is 3.49. The van der Waals surface area contributed by atoms with Crippen molar-refractivity contribution >= 4 is 12.3 Å². The minimum atomic E-state index is -1.90. The Labute approximate surface area is 74.7 Å². The summed E-state index contributed by atoms with van der Waals surface area (Å²) in [5.74, 6) is -1.07. The fraction of sp³-hybridized carbons (Fsp3) is 0.714. The highest BCUT2D eigenvalue weighted by Crippen LogP contribution is 2.00. The first-order chi connectivity index (χ1) is 6.04. The van der Waals surface area contributed by atoms with Gasteiger partial charge in [-0.25, -0.2) is 4.79 Å². The molecule has 0 aliphatic carbocycles. The number of hydrogen-bond acceptors (Lipinski definition) is 6. The lowest BCUT2D eigenvalue weighted by Gasteiger charge is -2.17. The van der Waals surface area contributed by atoms with Gasteiger partial charge in [0.15, 0.2) is 12.4 Å². The van der Waals surface area contributed by atoms with Crippen LogP contribution in [-0.4, -0.2) is 52.5 Å². The summed E-state index contributed by atoms with van der Waals surface area (Å²) >= 11 is 0. The van der Waals surface area contributed by atoms with Crippen LogP contribution < -0.4 is 0 Å². The van der Waals surface area contributed by atoms with Gasteiger partial charge in [-0.1, -0.05) is 0 Å². The summed E-state index contributed by atoms with van der Waals surface area (Å²) in [6.07, 6.45) is -5.52. The van der Waals surface area contributed by atoms with Crippen molar-refractivity contribution in [1.29, 1.82) is 0 Å². The SMILES string of the molecule is CCOC(=O)[C@@H](O)[C@H](O)[C@H](O)C=O. The highest BCUT2D eigenvalue weighted by Gasteiger charge is 2.30. The molecule has 0 unspecified atom stereocenters. The second kappa shape index (κ2) is 5.63. The van der Waals surface area contributed by atoms with Crippen molar-refractivity contribution in [3.8, 4) is 0 Å². The van der Waals surface area contributed by atoms with E-state index in [0.717, 1.165) is 0 Å². The van der Waals surface area contributed by atoms with Crippen molar-refractivity contribution in [2.45, 2.75) is 25.2 Å². The zero-order chi connectivity index (χ0) is 10.4. The molecule has 0 aliphatic rings. The molecule has 3 N–H and O–H groups in total. The number of carbonyl (C=O) groups excluding carboxylic acids is 2. The molecule has 3 atom stereocenters. The van der Waals surface area contributed by atoms with Gasteiger partial charge in [0.2, 0.25) is 0 Å². The van der Waals surface area contributed by atoms with Gasteiger partial charge in [-0.2, -0.15) is 0 Å². The Morgan fingerprint density at radius 1 is 1.46 bits per heavy atom.